The monoisotopic (exact) mass is 720 g/mol. The molecule has 0 aliphatic heterocycles. The number of hydrogen-bond acceptors (Lipinski definition) is 2. The van der Waals surface area contributed by atoms with E-state index in [1.54, 1.807) is 6.20 Å². The number of hydrogen-bond donors (Lipinski definition) is 1. The number of aromatic nitrogens is 1. The van der Waals surface area contributed by atoms with E-state index in [9.17, 15) is 0 Å². The molecule has 0 saturated heterocycles. The first kappa shape index (κ1) is 38.1. The third-order valence-electron chi connectivity index (χ3n) is 6.64. The summed E-state index contributed by atoms with van der Waals surface area (Å²) in [4.78, 5) is 3.97. The molecule has 2 N–H and O–H groups in total. The second-order valence-electron chi connectivity index (χ2n) is 9.54. The topological polar surface area (TPSA) is 38.9 Å². The molecule has 0 radical (unpaired) electrons. The number of halogens is 2. The van der Waals surface area contributed by atoms with Crippen molar-refractivity contribution in [3.8, 4) is 0 Å². The Morgan fingerprint density at radius 1 is 0.524 bits per heavy atom. The maximum Gasteiger partial charge on any atom is 2.00 e. The van der Waals surface area contributed by atoms with Crippen LogP contribution in [-0.4, -0.2) is 16.3 Å². The van der Waals surface area contributed by atoms with Crippen molar-refractivity contribution in [3.05, 3.63) is 151 Å². The Bertz CT molecular complexity index is 1190. The molecular formula is C35H38Cl2N2P2Ru. The van der Waals surface area contributed by atoms with E-state index in [2.05, 4.69) is 140 Å². The molecule has 1 heterocycles. The van der Waals surface area contributed by atoms with Gasteiger partial charge in [0.2, 0.25) is 0 Å². The van der Waals surface area contributed by atoms with Crippen LogP contribution in [0.15, 0.2) is 146 Å². The Morgan fingerprint density at radius 2 is 0.833 bits per heavy atom. The van der Waals surface area contributed by atoms with E-state index in [4.69, 9.17) is 5.73 Å². The van der Waals surface area contributed by atoms with Gasteiger partial charge in [-0.05, 0) is 66.9 Å². The van der Waals surface area contributed by atoms with Crippen molar-refractivity contribution in [3.63, 3.8) is 0 Å². The van der Waals surface area contributed by atoms with Gasteiger partial charge in [0.15, 0.2) is 0 Å². The van der Waals surface area contributed by atoms with Gasteiger partial charge in [-0.2, -0.15) is 0 Å². The minimum atomic E-state index is -0.397. The predicted octanol–water partition coefficient (Wildman–Crippen LogP) is 0.965. The standard InChI is InChI=1S/C29H30P2.C6H8N2.2ClH.Ru/c1-24(30(26-15-7-3-8-16-26)27-17-9-4-10-18-27)23-25(2)31(28-19-11-5-12-20-28)29-21-13-6-14-22-29;7-5-6-3-1-2-4-8-6;;;/h3-22,24-25H,23H2,1-2H3;1-4H,5,7H2;2*1H;/q;;;;+2/p-2/t24-,25-;;;;/m0..../s1. The maximum atomic E-state index is 5.29. The summed E-state index contributed by atoms with van der Waals surface area (Å²) in [5.41, 5.74) is 7.43. The molecule has 0 bridgehead atoms. The van der Waals surface area contributed by atoms with Crippen molar-refractivity contribution in [1.29, 1.82) is 0 Å². The van der Waals surface area contributed by atoms with E-state index in [1.807, 2.05) is 18.2 Å². The van der Waals surface area contributed by atoms with Crippen molar-refractivity contribution in [1.82, 2.24) is 4.98 Å². The van der Waals surface area contributed by atoms with Gasteiger partial charge in [-0.3, -0.25) is 4.98 Å². The van der Waals surface area contributed by atoms with Crippen LogP contribution in [0.4, 0.5) is 0 Å². The summed E-state index contributed by atoms with van der Waals surface area (Å²) in [6.07, 6.45) is 2.95. The number of pyridine rings is 1. The second-order valence-corrected chi connectivity index (χ2v) is 14.8. The molecule has 5 aromatic rings. The summed E-state index contributed by atoms with van der Waals surface area (Å²) in [6.45, 7) is 5.46. The Hall–Kier alpha value is -1.95. The normalized spacial score (nSPS) is 11.5. The first-order chi connectivity index (χ1) is 19.2. The maximum absolute atomic E-state index is 5.29. The summed E-state index contributed by atoms with van der Waals surface area (Å²) < 4.78 is 0. The molecule has 0 aliphatic carbocycles. The van der Waals surface area contributed by atoms with Gasteiger partial charge in [-0.15, -0.1) is 0 Å². The van der Waals surface area contributed by atoms with Crippen LogP contribution in [0.3, 0.4) is 0 Å². The van der Waals surface area contributed by atoms with Crippen molar-refractivity contribution < 1.29 is 44.3 Å². The molecule has 0 aliphatic rings. The summed E-state index contributed by atoms with van der Waals surface area (Å²) >= 11 is 0. The Balaban J connectivity index is 0.000000699. The molecule has 2 nitrogen and oxygen atoms in total. The smallest absolute Gasteiger partial charge is 1.00 e. The fourth-order valence-corrected chi connectivity index (χ4v) is 10.7. The zero-order valence-corrected chi connectivity index (χ0v) is 29.0. The van der Waals surface area contributed by atoms with Gasteiger partial charge in [0.25, 0.3) is 0 Å². The summed E-state index contributed by atoms with van der Waals surface area (Å²) in [5, 5.41) is 5.92. The van der Waals surface area contributed by atoms with Gasteiger partial charge in [0.1, 0.15) is 0 Å². The van der Waals surface area contributed by atoms with Crippen LogP contribution in [0.2, 0.25) is 0 Å². The molecule has 42 heavy (non-hydrogen) atoms. The molecule has 1 aromatic heterocycles. The van der Waals surface area contributed by atoms with E-state index in [1.165, 1.54) is 27.6 Å². The summed E-state index contributed by atoms with van der Waals surface area (Å²) in [7, 11) is -0.794. The van der Waals surface area contributed by atoms with Crippen LogP contribution >= 0.6 is 15.8 Å². The quantitative estimate of drug-likeness (QED) is 0.182. The molecule has 0 fully saturated rings. The third-order valence-corrected chi connectivity index (χ3v) is 12.2. The number of benzene rings is 4. The van der Waals surface area contributed by atoms with Crippen molar-refractivity contribution in [2.24, 2.45) is 5.73 Å². The first-order valence-electron chi connectivity index (χ1n) is 13.6. The Morgan fingerprint density at radius 3 is 1.07 bits per heavy atom. The minimum absolute atomic E-state index is 0. The van der Waals surface area contributed by atoms with Crippen molar-refractivity contribution in [2.45, 2.75) is 38.1 Å². The molecular weight excluding hydrogens is 682 g/mol. The second kappa shape index (κ2) is 20.9. The molecule has 0 unspecified atom stereocenters. The molecule has 2 atom stereocenters. The van der Waals surface area contributed by atoms with E-state index in [0.717, 1.165) is 5.69 Å². The van der Waals surface area contributed by atoms with Crippen molar-refractivity contribution in [2.75, 3.05) is 0 Å². The van der Waals surface area contributed by atoms with Gasteiger partial charge in [0.05, 0.1) is 5.69 Å². The molecule has 220 valence electrons. The van der Waals surface area contributed by atoms with Gasteiger partial charge in [-0.25, -0.2) is 0 Å². The Kier molecular flexibility index (Phi) is 18.9. The zero-order valence-electron chi connectivity index (χ0n) is 24.0. The minimum Gasteiger partial charge on any atom is -1.00 e. The van der Waals surface area contributed by atoms with Gasteiger partial charge >= 0.3 is 19.5 Å². The third kappa shape index (κ3) is 11.3. The largest absolute Gasteiger partial charge is 2.00 e. The van der Waals surface area contributed by atoms with Crippen LogP contribution in [0, 0.1) is 0 Å². The van der Waals surface area contributed by atoms with E-state index in [0.29, 0.717) is 17.9 Å². The van der Waals surface area contributed by atoms with E-state index >= 15 is 0 Å². The molecule has 4 aromatic carbocycles. The average Bonchev–Trinajstić information content (AvgIpc) is 3.00. The van der Waals surface area contributed by atoms with Crippen LogP contribution in [0.1, 0.15) is 26.0 Å². The average molecular weight is 721 g/mol. The molecule has 0 spiro atoms. The summed E-state index contributed by atoms with van der Waals surface area (Å²) in [5.74, 6) is 0. The van der Waals surface area contributed by atoms with Gasteiger partial charge < -0.3 is 30.5 Å². The van der Waals surface area contributed by atoms with E-state index < -0.39 is 15.8 Å². The van der Waals surface area contributed by atoms with Gasteiger partial charge in [-0.1, -0.05) is 141 Å². The van der Waals surface area contributed by atoms with Crippen LogP contribution in [-0.2, 0) is 26.0 Å². The molecule has 5 rings (SSSR count). The Labute approximate surface area is 280 Å². The summed E-state index contributed by atoms with van der Waals surface area (Å²) in [6, 6.07) is 50.2. The van der Waals surface area contributed by atoms with Gasteiger partial charge in [0, 0.05) is 12.7 Å². The first-order valence-corrected chi connectivity index (χ1v) is 16.4. The van der Waals surface area contributed by atoms with Crippen LogP contribution in [0.5, 0.6) is 0 Å². The number of nitrogens with zero attached hydrogens (tertiary/aromatic N) is 1. The zero-order chi connectivity index (χ0) is 27.3. The molecule has 0 amide bonds. The fraction of sp³-hybridized carbons (Fsp3) is 0.171. The fourth-order valence-electron chi connectivity index (χ4n) is 4.89. The van der Waals surface area contributed by atoms with E-state index in [-0.39, 0.29) is 44.3 Å². The van der Waals surface area contributed by atoms with Crippen LogP contribution < -0.4 is 51.8 Å². The van der Waals surface area contributed by atoms with Crippen LogP contribution in [0.25, 0.3) is 0 Å². The van der Waals surface area contributed by atoms with Crippen molar-refractivity contribution >= 4 is 37.1 Å². The SMILES string of the molecule is C[C@@H](C[C@H](C)P(c1ccccc1)c1ccccc1)P(c1ccccc1)c1ccccc1.NCc1ccccn1.[Cl-].[Cl-].[Ru+2]. The number of rotatable bonds is 9. The molecule has 0 saturated carbocycles. The number of nitrogens with two attached hydrogens (primary N) is 1. The molecule has 7 heteroatoms. The predicted molar refractivity (Wildman–Crippen MR) is 174 cm³/mol.